The first-order valence-electron chi connectivity index (χ1n) is 5.59. The van der Waals surface area contributed by atoms with E-state index in [9.17, 15) is 17.6 Å². The summed E-state index contributed by atoms with van der Waals surface area (Å²) in [7, 11) is 0. The minimum atomic E-state index is -4.78. The van der Waals surface area contributed by atoms with Gasteiger partial charge in [0.25, 0.3) is 0 Å². The summed E-state index contributed by atoms with van der Waals surface area (Å²) in [5.41, 5.74) is -0.523. The van der Waals surface area contributed by atoms with Crippen LogP contribution < -0.4 is 4.74 Å². The summed E-state index contributed by atoms with van der Waals surface area (Å²) in [5.74, 6) is -1.89. The highest BCUT2D eigenvalue weighted by molar-refractivity contribution is 6.32. The van der Waals surface area contributed by atoms with Crippen LogP contribution in [-0.2, 0) is 6.18 Å². The van der Waals surface area contributed by atoms with Crippen LogP contribution in [0.25, 0.3) is 0 Å². The normalized spacial score (nSPS) is 11.5. The number of halogens is 5. The molecule has 0 fully saturated rings. The van der Waals surface area contributed by atoms with Gasteiger partial charge in [0, 0.05) is 0 Å². The quantitative estimate of drug-likeness (QED) is 0.656. The summed E-state index contributed by atoms with van der Waals surface area (Å²) in [5, 5.41) is 0.196. The molecule has 0 aromatic heterocycles. The second kappa shape index (κ2) is 5.32. The number of rotatable bonds is 2. The van der Waals surface area contributed by atoms with E-state index in [0.29, 0.717) is 6.07 Å². The van der Waals surface area contributed by atoms with Gasteiger partial charge in [-0.3, -0.25) is 0 Å². The first kappa shape index (κ1) is 14.7. The first-order valence-corrected chi connectivity index (χ1v) is 5.96. The number of hydrogen-bond donors (Lipinski definition) is 0. The van der Waals surface area contributed by atoms with Gasteiger partial charge in [0.2, 0.25) is 0 Å². The van der Waals surface area contributed by atoms with Crippen molar-refractivity contribution in [3.05, 3.63) is 58.4 Å². The lowest BCUT2D eigenvalue weighted by Gasteiger charge is -2.13. The molecule has 0 radical (unpaired) electrons. The van der Waals surface area contributed by atoms with E-state index in [0.717, 1.165) is 17.7 Å². The topological polar surface area (TPSA) is 9.23 Å². The Morgan fingerprint density at radius 3 is 2.35 bits per heavy atom. The van der Waals surface area contributed by atoms with E-state index in [1.165, 1.54) is 6.07 Å². The summed E-state index contributed by atoms with van der Waals surface area (Å²) in [4.78, 5) is 0. The van der Waals surface area contributed by atoms with Crippen molar-refractivity contribution >= 4 is 11.6 Å². The summed E-state index contributed by atoms with van der Waals surface area (Å²) >= 11 is 5.89. The third-order valence-electron chi connectivity index (χ3n) is 2.58. The number of hydrogen-bond acceptors (Lipinski definition) is 1. The van der Waals surface area contributed by atoms with Crippen LogP contribution in [0.3, 0.4) is 0 Å². The minimum Gasteiger partial charge on any atom is -0.453 e. The van der Waals surface area contributed by atoms with Crippen LogP contribution in [-0.4, -0.2) is 0 Å². The van der Waals surface area contributed by atoms with Gasteiger partial charge in [-0.2, -0.15) is 13.2 Å². The molecule has 1 nitrogen and oxygen atoms in total. The highest BCUT2D eigenvalue weighted by Crippen LogP contribution is 2.37. The molecule has 2 aromatic carbocycles. The van der Waals surface area contributed by atoms with Crippen LogP contribution in [0.4, 0.5) is 17.6 Å². The van der Waals surface area contributed by atoms with Gasteiger partial charge in [0.05, 0.1) is 10.6 Å². The van der Waals surface area contributed by atoms with Crippen LogP contribution in [0, 0.1) is 12.7 Å². The van der Waals surface area contributed by atoms with E-state index in [-0.39, 0.29) is 10.8 Å². The van der Waals surface area contributed by atoms with Crippen LogP contribution in [0.2, 0.25) is 5.02 Å². The maximum absolute atomic E-state index is 13.8. The predicted molar refractivity (Wildman–Crippen MR) is 67.7 cm³/mol. The van der Waals surface area contributed by atoms with Crippen LogP contribution in [0.15, 0.2) is 36.4 Å². The fraction of sp³-hybridized carbons (Fsp3) is 0.143. The molecule has 0 amide bonds. The third kappa shape index (κ3) is 3.04. The second-order valence-electron chi connectivity index (χ2n) is 4.15. The lowest BCUT2D eigenvalue weighted by molar-refractivity contribution is -0.140. The number of aryl methyl sites for hydroxylation is 1. The molecule has 0 saturated heterocycles. The Morgan fingerprint density at radius 2 is 1.75 bits per heavy atom. The van der Waals surface area contributed by atoms with Gasteiger partial charge >= 0.3 is 6.18 Å². The molecule has 106 valence electrons. The number of benzene rings is 2. The summed E-state index contributed by atoms with van der Waals surface area (Å²) in [6, 6.07) is 7.54. The maximum atomic E-state index is 13.8. The van der Waals surface area contributed by atoms with Crippen LogP contribution in [0.5, 0.6) is 11.5 Å². The molecule has 0 N–H and O–H groups in total. The minimum absolute atomic E-state index is 0.0930. The van der Waals surface area contributed by atoms with E-state index in [2.05, 4.69) is 0 Å². The predicted octanol–water partition coefficient (Wildman–Crippen LogP) is 5.60. The molecular weight excluding hydrogens is 296 g/mol. The average molecular weight is 305 g/mol. The van der Waals surface area contributed by atoms with Gasteiger partial charge in [0.1, 0.15) is 5.75 Å². The van der Waals surface area contributed by atoms with Crippen molar-refractivity contribution in [1.29, 1.82) is 0 Å². The maximum Gasteiger partial charge on any atom is 0.419 e. The van der Waals surface area contributed by atoms with Crippen LogP contribution in [0.1, 0.15) is 11.1 Å². The number of alkyl halides is 3. The Hall–Kier alpha value is -1.75. The van der Waals surface area contributed by atoms with Crippen molar-refractivity contribution < 1.29 is 22.3 Å². The standard InChI is InChI=1S/C14H9ClF4O/c1-8-5-6-11(10(15)7-8)20-12-4-2-3-9(13(12)16)14(17,18)19/h2-7H,1H3. The molecular formula is C14H9ClF4O. The molecule has 0 spiro atoms. The Bertz CT molecular complexity index is 638. The zero-order chi connectivity index (χ0) is 14.9. The molecule has 0 unspecified atom stereocenters. The molecule has 0 bridgehead atoms. The highest BCUT2D eigenvalue weighted by atomic mass is 35.5. The summed E-state index contributed by atoms with van der Waals surface area (Å²) in [6.07, 6.45) is -4.78. The third-order valence-corrected chi connectivity index (χ3v) is 2.87. The molecule has 2 rings (SSSR count). The van der Waals surface area contributed by atoms with E-state index < -0.39 is 23.3 Å². The molecule has 0 aliphatic rings. The van der Waals surface area contributed by atoms with Crippen molar-refractivity contribution in [2.45, 2.75) is 13.1 Å². The van der Waals surface area contributed by atoms with Gasteiger partial charge in [-0.1, -0.05) is 23.7 Å². The van der Waals surface area contributed by atoms with Gasteiger partial charge in [0.15, 0.2) is 11.6 Å². The van der Waals surface area contributed by atoms with Gasteiger partial charge in [-0.05, 0) is 36.8 Å². The van der Waals surface area contributed by atoms with E-state index in [4.69, 9.17) is 16.3 Å². The van der Waals surface area contributed by atoms with Gasteiger partial charge < -0.3 is 4.74 Å². The van der Waals surface area contributed by atoms with Crippen molar-refractivity contribution in [1.82, 2.24) is 0 Å². The van der Waals surface area contributed by atoms with Crippen LogP contribution >= 0.6 is 11.6 Å². The Labute approximate surface area is 117 Å². The monoisotopic (exact) mass is 304 g/mol. The van der Waals surface area contributed by atoms with E-state index in [1.54, 1.807) is 19.1 Å². The Morgan fingerprint density at radius 1 is 1.05 bits per heavy atom. The van der Waals surface area contributed by atoms with E-state index >= 15 is 0 Å². The lowest BCUT2D eigenvalue weighted by Crippen LogP contribution is -2.08. The molecule has 2 aromatic rings. The summed E-state index contributed by atoms with van der Waals surface area (Å²) in [6.45, 7) is 1.79. The molecule has 0 heterocycles. The highest BCUT2D eigenvalue weighted by Gasteiger charge is 2.35. The summed E-state index contributed by atoms with van der Waals surface area (Å²) < 4.78 is 56.6. The molecule has 6 heteroatoms. The van der Waals surface area contributed by atoms with E-state index in [1.807, 2.05) is 0 Å². The van der Waals surface area contributed by atoms with Crippen molar-refractivity contribution in [3.8, 4) is 11.5 Å². The molecule has 0 atom stereocenters. The zero-order valence-electron chi connectivity index (χ0n) is 10.3. The second-order valence-corrected chi connectivity index (χ2v) is 4.56. The number of ether oxygens (including phenoxy) is 1. The molecule has 0 saturated carbocycles. The van der Waals surface area contributed by atoms with Crippen molar-refractivity contribution in [2.75, 3.05) is 0 Å². The van der Waals surface area contributed by atoms with Gasteiger partial charge in [-0.15, -0.1) is 0 Å². The fourth-order valence-corrected chi connectivity index (χ4v) is 1.89. The lowest BCUT2D eigenvalue weighted by atomic mass is 10.2. The molecule has 0 aliphatic heterocycles. The fourth-order valence-electron chi connectivity index (χ4n) is 1.62. The van der Waals surface area contributed by atoms with Crippen molar-refractivity contribution in [3.63, 3.8) is 0 Å². The molecule has 20 heavy (non-hydrogen) atoms. The van der Waals surface area contributed by atoms with Crippen molar-refractivity contribution in [2.24, 2.45) is 0 Å². The Kier molecular flexibility index (Phi) is 3.90. The molecule has 0 aliphatic carbocycles. The largest absolute Gasteiger partial charge is 0.453 e. The Balaban J connectivity index is 2.40. The first-order chi connectivity index (χ1) is 9.29. The van der Waals surface area contributed by atoms with Gasteiger partial charge in [-0.25, -0.2) is 4.39 Å². The SMILES string of the molecule is Cc1ccc(Oc2cccc(C(F)(F)F)c2F)c(Cl)c1. The smallest absolute Gasteiger partial charge is 0.419 e. The zero-order valence-corrected chi connectivity index (χ0v) is 11.0. The average Bonchev–Trinajstić information content (AvgIpc) is 2.33.